The molecule has 0 aromatic heterocycles. The Hall–Kier alpha value is -1.34. The molecule has 2 saturated heterocycles. The van der Waals surface area contributed by atoms with Gasteiger partial charge < -0.3 is 24.4 Å². The fourth-order valence-corrected chi connectivity index (χ4v) is 4.47. The average Bonchev–Trinajstić information content (AvgIpc) is 3.21. The first-order valence-corrected chi connectivity index (χ1v) is 10.9. The molecular formula is C22H34ClN3O3. The van der Waals surface area contributed by atoms with Crippen molar-refractivity contribution in [2.24, 2.45) is 10.9 Å². The lowest BCUT2D eigenvalue weighted by Crippen LogP contribution is -2.49. The molecular weight excluding hydrogens is 390 g/mol. The van der Waals surface area contributed by atoms with E-state index in [2.05, 4.69) is 27.3 Å². The third-order valence-corrected chi connectivity index (χ3v) is 6.29. The minimum absolute atomic E-state index is 0.0154. The Morgan fingerprint density at radius 2 is 2.17 bits per heavy atom. The number of hydrogen-bond donors (Lipinski definition) is 1. The minimum atomic E-state index is 0.0154. The summed E-state index contributed by atoms with van der Waals surface area (Å²) in [7, 11) is 3.56. The smallest absolute Gasteiger partial charge is 0.193 e. The first-order valence-electron chi connectivity index (χ1n) is 10.5. The van der Waals surface area contributed by atoms with Crippen LogP contribution in [-0.2, 0) is 19.6 Å². The number of ether oxygens (including phenoxy) is 3. The highest BCUT2D eigenvalue weighted by atomic mass is 35.5. The van der Waals surface area contributed by atoms with Gasteiger partial charge in [-0.25, -0.2) is 0 Å². The van der Waals surface area contributed by atoms with E-state index in [0.29, 0.717) is 19.1 Å². The Morgan fingerprint density at radius 1 is 1.34 bits per heavy atom. The number of methoxy groups -OCH3 is 1. The van der Waals surface area contributed by atoms with E-state index < -0.39 is 0 Å². The monoisotopic (exact) mass is 423 g/mol. The summed E-state index contributed by atoms with van der Waals surface area (Å²) in [5.41, 5.74) is 1.30. The van der Waals surface area contributed by atoms with E-state index in [0.717, 1.165) is 69.7 Å². The van der Waals surface area contributed by atoms with Crippen molar-refractivity contribution in [2.75, 3.05) is 66.8 Å². The number of guanidine groups is 1. The van der Waals surface area contributed by atoms with Crippen molar-refractivity contribution in [3.8, 4) is 0 Å². The molecule has 1 aromatic rings. The highest BCUT2D eigenvalue weighted by Crippen LogP contribution is 2.35. The summed E-state index contributed by atoms with van der Waals surface area (Å²) in [5.74, 6) is 1.51. The van der Waals surface area contributed by atoms with Crippen molar-refractivity contribution in [3.05, 3.63) is 34.9 Å². The van der Waals surface area contributed by atoms with Gasteiger partial charge in [-0.05, 0) is 37.0 Å². The molecule has 1 aromatic carbocycles. The second kappa shape index (κ2) is 11.2. The van der Waals surface area contributed by atoms with Crippen molar-refractivity contribution in [3.63, 3.8) is 0 Å². The van der Waals surface area contributed by atoms with Gasteiger partial charge in [-0.15, -0.1) is 0 Å². The minimum Gasteiger partial charge on any atom is -0.382 e. The van der Waals surface area contributed by atoms with Gasteiger partial charge in [0.05, 0.1) is 19.8 Å². The fourth-order valence-electron chi connectivity index (χ4n) is 4.28. The SMILES string of the molecule is CN=C(NCC1(c2cccc(Cl)c2)CCOCC1)N1CCC(COCCOC)C1. The van der Waals surface area contributed by atoms with E-state index in [1.54, 1.807) is 7.11 Å². The van der Waals surface area contributed by atoms with Crippen molar-refractivity contribution in [1.29, 1.82) is 0 Å². The fraction of sp³-hybridized carbons (Fsp3) is 0.682. The quantitative estimate of drug-likeness (QED) is 0.396. The number of rotatable bonds is 8. The van der Waals surface area contributed by atoms with Gasteiger partial charge in [0.2, 0.25) is 0 Å². The average molecular weight is 424 g/mol. The van der Waals surface area contributed by atoms with Gasteiger partial charge >= 0.3 is 0 Å². The lowest BCUT2D eigenvalue weighted by atomic mass is 9.74. The van der Waals surface area contributed by atoms with Crippen LogP contribution in [0, 0.1) is 5.92 Å². The maximum atomic E-state index is 6.29. The summed E-state index contributed by atoms with van der Waals surface area (Å²) < 4.78 is 16.4. The van der Waals surface area contributed by atoms with Crippen LogP contribution in [0.2, 0.25) is 5.02 Å². The van der Waals surface area contributed by atoms with Gasteiger partial charge in [0.1, 0.15) is 0 Å². The molecule has 29 heavy (non-hydrogen) atoms. The second-order valence-electron chi connectivity index (χ2n) is 7.97. The van der Waals surface area contributed by atoms with Crippen molar-refractivity contribution < 1.29 is 14.2 Å². The van der Waals surface area contributed by atoms with Crippen LogP contribution in [0.5, 0.6) is 0 Å². The zero-order chi connectivity index (χ0) is 20.5. The van der Waals surface area contributed by atoms with Crippen molar-refractivity contribution in [1.82, 2.24) is 10.2 Å². The zero-order valence-corrected chi connectivity index (χ0v) is 18.4. The number of aliphatic imine (C=N–C) groups is 1. The number of nitrogens with one attached hydrogen (secondary N) is 1. The molecule has 1 unspecified atom stereocenters. The molecule has 6 nitrogen and oxygen atoms in total. The number of likely N-dealkylation sites (tertiary alicyclic amines) is 1. The van der Waals surface area contributed by atoms with Gasteiger partial charge in [-0.2, -0.15) is 0 Å². The molecule has 1 atom stereocenters. The van der Waals surface area contributed by atoms with Crippen LogP contribution < -0.4 is 5.32 Å². The lowest BCUT2D eigenvalue weighted by Gasteiger charge is -2.39. The van der Waals surface area contributed by atoms with E-state index >= 15 is 0 Å². The maximum Gasteiger partial charge on any atom is 0.193 e. The van der Waals surface area contributed by atoms with Gasteiger partial charge in [-0.3, -0.25) is 4.99 Å². The van der Waals surface area contributed by atoms with Gasteiger partial charge in [0, 0.05) is 63.4 Å². The molecule has 3 rings (SSSR count). The highest BCUT2D eigenvalue weighted by molar-refractivity contribution is 6.30. The predicted molar refractivity (Wildman–Crippen MR) is 117 cm³/mol. The zero-order valence-electron chi connectivity index (χ0n) is 17.7. The molecule has 1 N–H and O–H groups in total. The van der Waals surface area contributed by atoms with Crippen molar-refractivity contribution >= 4 is 17.6 Å². The molecule has 0 bridgehead atoms. The van der Waals surface area contributed by atoms with E-state index in [1.165, 1.54) is 5.56 Å². The summed E-state index contributed by atoms with van der Waals surface area (Å²) in [5, 5.41) is 4.44. The highest BCUT2D eigenvalue weighted by Gasteiger charge is 2.35. The van der Waals surface area contributed by atoms with Crippen molar-refractivity contribution in [2.45, 2.75) is 24.7 Å². The molecule has 0 aliphatic carbocycles. The molecule has 2 heterocycles. The molecule has 0 radical (unpaired) electrons. The largest absolute Gasteiger partial charge is 0.382 e. The third-order valence-electron chi connectivity index (χ3n) is 6.05. The molecule has 162 valence electrons. The Labute approximate surface area is 179 Å². The number of hydrogen-bond acceptors (Lipinski definition) is 4. The van der Waals surface area contributed by atoms with Crippen LogP contribution in [0.4, 0.5) is 0 Å². The van der Waals surface area contributed by atoms with Gasteiger partial charge in [0.25, 0.3) is 0 Å². The van der Waals surface area contributed by atoms with Crippen LogP contribution in [0.1, 0.15) is 24.8 Å². The van der Waals surface area contributed by atoms with Crippen LogP contribution >= 0.6 is 11.6 Å². The predicted octanol–water partition coefficient (Wildman–Crippen LogP) is 2.95. The summed E-state index contributed by atoms with van der Waals surface area (Å²) >= 11 is 6.29. The topological polar surface area (TPSA) is 55.3 Å². The first kappa shape index (κ1) is 22.3. The standard InChI is InChI=1S/C22H34ClN3O3/c1-24-21(26-9-6-18(15-26)16-29-13-12-27-2)25-17-22(7-10-28-11-8-22)19-4-3-5-20(23)14-19/h3-5,14,18H,6-13,15-17H2,1-2H3,(H,24,25). The lowest BCUT2D eigenvalue weighted by molar-refractivity contribution is 0.0509. The molecule has 2 aliphatic rings. The Bertz CT molecular complexity index is 664. The third kappa shape index (κ3) is 6.07. The summed E-state index contributed by atoms with van der Waals surface area (Å²) in [6, 6.07) is 8.26. The van der Waals surface area contributed by atoms with Gasteiger partial charge in [0.15, 0.2) is 5.96 Å². The molecule has 0 spiro atoms. The molecule has 0 saturated carbocycles. The first-order chi connectivity index (χ1) is 14.2. The van der Waals surface area contributed by atoms with Crippen LogP contribution in [0.15, 0.2) is 29.3 Å². The Morgan fingerprint density at radius 3 is 2.90 bits per heavy atom. The summed E-state index contributed by atoms with van der Waals surface area (Å²) in [4.78, 5) is 6.90. The number of benzene rings is 1. The summed E-state index contributed by atoms with van der Waals surface area (Å²) in [6.45, 7) is 6.44. The van der Waals surface area contributed by atoms with E-state index in [1.807, 2.05) is 19.2 Å². The Kier molecular flexibility index (Phi) is 8.60. The molecule has 2 fully saturated rings. The number of nitrogens with zero attached hydrogens (tertiary/aromatic N) is 2. The maximum absolute atomic E-state index is 6.29. The van der Waals surface area contributed by atoms with Crippen LogP contribution in [0.25, 0.3) is 0 Å². The normalized spacial score (nSPS) is 22.1. The van der Waals surface area contributed by atoms with Crippen LogP contribution in [0.3, 0.4) is 0 Å². The molecule has 0 amide bonds. The molecule has 7 heteroatoms. The van der Waals surface area contributed by atoms with Gasteiger partial charge in [-0.1, -0.05) is 23.7 Å². The van der Waals surface area contributed by atoms with E-state index in [9.17, 15) is 0 Å². The van der Waals surface area contributed by atoms with E-state index in [-0.39, 0.29) is 5.41 Å². The summed E-state index contributed by atoms with van der Waals surface area (Å²) in [6.07, 6.45) is 3.08. The Balaban J connectivity index is 1.58. The second-order valence-corrected chi connectivity index (χ2v) is 8.41. The number of halogens is 1. The molecule has 2 aliphatic heterocycles. The van der Waals surface area contributed by atoms with E-state index in [4.69, 9.17) is 25.8 Å². The van der Waals surface area contributed by atoms with Crippen LogP contribution in [-0.4, -0.2) is 77.7 Å².